The highest BCUT2D eigenvalue weighted by atomic mass is 16.5. The number of hydrogen-bond donors (Lipinski definition) is 0. The second-order valence-electron chi connectivity index (χ2n) is 11.2. The van der Waals surface area contributed by atoms with E-state index in [0.717, 1.165) is 70.2 Å². The summed E-state index contributed by atoms with van der Waals surface area (Å²) in [5.74, 6) is 0.933. The van der Waals surface area contributed by atoms with Gasteiger partial charge in [-0.15, -0.1) is 0 Å². The molecule has 0 N–H and O–H groups in total. The van der Waals surface area contributed by atoms with E-state index in [2.05, 4.69) is 94.0 Å². The van der Waals surface area contributed by atoms with E-state index in [1.807, 2.05) is 0 Å². The number of hydrogen-bond acceptors (Lipinski definition) is 5. The molecule has 2 saturated heterocycles. The average molecular weight is 499 g/mol. The first-order valence-electron chi connectivity index (χ1n) is 13.7. The molecule has 37 heavy (non-hydrogen) atoms. The molecule has 3 aliphatic rings. The maximum atomic E-state index is 13.9. The number of morpholine rings is 1. The molecule has 2 bridgehead atoms. The van der Waals surface area contributed by atoms with Crippen molar-refractivity contribution in [2.75, 3.05) is 58.4 Å². The summed E-state index contributed by atoms with van der Waals surface area (Å²) in [6.45, 7) is 8.16. The van der Waals surface area contributed by atoms with Crippen LogP contribution in [-0.2, 0) is 24.4 Å². The van der Waals surface area contributed by atoms with Gasteiger partial charge in [-0.1, -0.05) is 36.4 Å². The number of ether oxygens (including phenoxy) is 1. The zero-order chi connectivity index (χ0) is 25.4. The molecule has 3 aromatic rings. The van der Waals surface area contributed by atoms with Crippen LogP contribution in [0.5, 0.6) is 0 Å². The molecule has 6 nitrogen and oxygen atoms in total. The second-order valence-corrected chi connectivity index (χ2v) is 11.2. The molecule has 0 saturated carbocycles. The third-order valence-corrected chi connectivity index (χ3v) is 8.34. The molecule has 2 aromatic carbocycles. The van der Waals surface area contributed by atoms with Crippen molar-refractivity contribution in [3.05, 3.63) is 87.8 Å². The third-order valence-electron chi connectivity index (χ3n) is 8.34. The Kier molecular flexibility index (Phi) is 6.89. The molecule has 0 aliphatic carbocycles. The van der Waals surface area contributed by atoms with E-state index in [4.69, 9.17) is 4.74 Å². The summed E-state index contributed by atoms with van der Waals surface area (Å²) in [6.07, 6.45) is 1.18. The van der Waals surface area contributed by atoms with Gasteiger partial charge in [0, 0.05) is 82.8 Å². The van der Waals surface area contributed by atoms with E-state index >= 15 is 0 Å². The highest BCUT2D eigenvalue weighted by molar-refractivity contribution is 5.66. The summed E-state index contributed by atoms with van der Waals surface area (Å²) in [6, 6.07) is 21.7. The lowest BCUT2D eigenvalue weighted by Crippen LogP contribution is -2.47. The minimum Gasteiger partial charge on any atom is -0.379 e. The number of benzene rings is 2. The van der Waals surface area contributed by atoms with Gasteiger partial charge in [-0.3, -0.25) is 14.6 Å². The average Bonchev–Trinajstić information content (AvgIpc) is 2.91. The minimum atomic E-state index is 0.175. The SMILES string of the molecule is CN(C)c1ccc(CN2C[C@@H]3C[C@H](C2)c2ccc(-c4ccccc4CN4CCOCC4)c(=O)n2C3)cc1. The number of anilines is 1. The van der Waals surface area contributed by atoms with Crippen LogP contribution in [0, 0.1) is 5.92 Å². The zero-order valence-electron chi connectivity index (χ0n) is 22.1. The molecule has 4 heterocycles. The second kappa shape index (κ2) is 10.4. The Balaban J connectivity index is 1.22. The van der Waals surface area contributed by atoms with Crippen LogP contribution in [0.4, 0.5) is 5.69 Å². The summed E-state index contributed by atoms with van der Waals surface area (Å²) in [5.41, 5.74) is 7.12. The van der Waals surface area contributed by atoms with Crippen LogP contribution >= 0.6 is 0 Å². The number of aromatic nitrogens is 1. The van der Waals surface area contributed by atoms with Crippen LogP contribution < -0.4 is 10.5 Å². The fourth-order valence-electron chi connectivity index (χ4n) is 6.46. The molecule has 0 amide bonds. The molecule has 0 spiro atoms. The normalized spacial score (nSPS) is 22.0. The first kappa shape index (κ1) is 24.4. The van der Waals surface area contributed by atoms with Gasteiger partial charge in [0.15, 0.2) is 0 Å². The first-order valence-corrected chi connectivity index (χ1v) is 13.7. The van der Waals surface area contributed by atoms with Gasteiger partial charge in [-0.25, -0.2) is 0 Å². The quantitative estimate of drug-likeness (QED) is 0.513. The van der Waals surface area contributed by atoms with E-state index in [1.165, 1.54) is 28.9 Å². The van der Waals surface area contributed by atoms with Crippen molar-refractivity contribution < 1.29 is 4.74 Å². The van der Waals surface area contributed by atoms with E-state index in [1.54, 1.807) is 0 Å². The summed E-state index contributed by atoms with van der Waals surface area (Å²) >= 11 is 0. The Labute approximate surface area is 220 Å². The summed E-state index contributed by atoms with van der Waals surface area (Å²) in [4.78, 5) is 21.0. The molecule has 194 valence electrons. The molecule has 0 unspecified atom stereocenters. The number of piperidine rings is 1. The van der Waals surface area contributed by atoms with Gasteiger partial charge >= 0.3 is 0 Å². The number of nitrogens with zero attached hydrogens (tertiary/aromatic N) is 4. The Morgan fingerprint density at radius 3 is 2.41 bits per heavy atom. The first-order chi connectivity index (χ1) is 18.0. The molecular formula is C31H38N4O2. The van der Waals surface area contributed by atoms with Crippen LogP contribution in [0.1, 0.15) is 29.2 Å². The van der Waals surface area contributed by atoms with Crippen LogP contribution in [0.25, 0.3) is 11.1 Å². The van der Waals surface area contributed by atoms with Crippen molar-refractivity contribution >= 4 is 5.69 Å². The highest BCUT2D eigenvalue weighted by Gasteiger charge is 2.35. The molecule has 1 aromatic heterocycles. The topological polar surface area (TPSA) is 41.0 Å². The van der Waals surface area contributed by atoms with Crippen molar-refractivity contribution in [2.24, 2.45) is 5.92 Å². The van der Waals surface area contributed by atoms with Crippen LogP contribution in [-0.4, -0.2) is 67.9 Å². The standard InChI is InChI=1S/C31H38N4O2/c1-32(2)27-9-7-23(8-10-27)18-34-19-24-17-26(22-34)30-12-11-29(31(36)35(30)20-24)28-6-4-3-5-25(28)21-33-13-15-37-16-14-33/h3-12,24,26H,13-22H2,1-2H3/t24-,26+/m0/s1. The molecule has 2 atom stereocenters. The minimum absolute atomic E-state index is 0.175. The lowest BCUT2D eigenvalue weighted by atomic mass is 9.82. The summed E-state index contributed by atoms with van der Waals surface area (Å²) in [7, 11) is 4.16. The molecule has 6 rings (SSSR count). The number of pyridine rings is 1. The van der Waals surface area contributed by atoms with E-state index < -0.39 is 0 Å². The van der Waals surface area contributed by atoms with Gasteiger partial charge in [0.1, 0.15) is 0 Å². The number of rotatable bonds is 6. The van der Waals surface area contributed by atoms with Crippen molar-refractivity contribution in [2.45, 2.75) is 32.0 Å². The predicted molar refractivity (Wildman–Crippen MR) is 149 cm³/mol. The monoisotopic (exact) mass is 498 g/mol. The third kappa shape index (κ3) is 5.11. The summed E-state index contributed by atoms with van der Waals surface area (Å²) < 4.78 is 7.62. The molecule has 0 radical (unpaired) electrons. The van der Waals surface area contributed by atoms with Crippen LogP contribution in [0.2, 0.25) is 0 Å². The fraction of sp³-hybridized carbons (Fsp3) is 0.452. The molecule has 2 fully saturated rings. The van der Waals surface area contributed by atoms with Crippen molar-refractivity contribution in [1.29, 1.82) is 0 Å². The van der Waals surface area contributed by atoms with Gasteiger partial charge in [0.2, 0.25) is 0 Å². The fourth-order valence-corrected chi connectivity index (χ4v) is 6.46. The lowest BCUT2D eigenvalue weighted by Gasteiger charge is -2.43. The Bertz CT molecular complexity index is 1290. The van der Waals surface area contributed by atoms with Gasteiger partial charge in [-0.05, 0) is 53.3 Å². The van der Waals surface area contributed by atoms with E-state index in [-0.39, 0.29) is 5.56 Å². The van der Waals surface area contributed by atoms with Crippen LogP contribution in [0.15, 0.2) is 65.5 Å². The van der Waals surface area contributed by atoms with Crippen molar-refractivity contribution in [3.63, 3.8) is 0 Å². The summed E-state index contributed by atoms with van der Waals surface area (Å²) in [5, 5.41) is 0. The van der Waals surface area contributed by atoms with Gasteiger partial charge < -0.3 is 14.2 Å². The zero-order valence-corrected chi connectivity index (χ0v) is 22.1. The van der Waals surface area contributed by atoms with Crippen LogP contribution in [0.3, 0.4) is 0 Å². The maximum Gasteiger partial charge on any atom is 0.258 e. The maximum absolute atomic E-state index is 13.9. The Morgan fingerprint density at radius 1 is 0.838 bits per heavy atom. The molecular weight excluding hydrogens is 460 g/mol. The van der Waals surface area contributed by atoms with Crippen molar-refractivity contribution in [3.8, 4) is 11.1 Å². The highest BCUT2D eigenvalue weighted by Crippen LogP contribution is 2.36. The smallest absolute Gasteiger partial charge is 0.258 e. The molecule has 6 heteroatoms. The van der Waals surface area contributed by atoms with Gasteiger partial charge in [0.05, 0.1) is 13.2 Å². The lowest BCUT2D eigenvalue weighted by molar-refractivity contribution is 0.0342. The van der Waals surface area contributed by atoms with E-state index in [0.29, 0.717) is 11.8 Å². The Morgan fingerprint density at radius 2 is 1.62 bits per heavy atom. The van der Waals surface area contributed by atoms with Crippen molar-refractivity contribution in [1.82, 2.24) is 14.4 Å². The largest absolute Gasteiger partial charge is 0.379 e. The Hall–Kier alpha value is -2.93. The van der Waals surface area contributed by atoms with E-state index in [9.17, 15) is 4.79 Å². The van der Waals surface area contributed by atoms with Gasteiger partial charge in [0.25, 0.3) is 5.56 Å². The number of likely N-dealkylation sites (tertiary alicyclic amines) is 1. The van der Waals surface area contributed by atoms with Gasteiger partial charge in [-0.2, -0.15) is 0 Å². The number of fused-ring (bicyclic) bond motifs is 4. The predicted octanol–water partition coefficient (Wildman–Crippen LogP) is 4.03. The molecule has 3 aliphatic heterocycles.